The Morgan fingerprint density at radius 1 is 1.18 bits per heavy atom. The molecule has 8 heteroatoms. The summed E-state index contributed by atoms with van der Waals surface area (Å²) < 4.78 is 56.3. The molecule has 28 heavy (non-hydrogen) atoms. The minimum Gasteiger partial charge on any atom is -0.366 e. The van der Waals surface area contributed by atoms with E-state index in [0.717, 1.165) is 18.7 Å². The molecule has 0 saturated carbocycles. The molecule has 2 heterocycles. The highest BCUT2D eigenvalue weighted by atomic mass is 19.3. The van der Waals surface area contributed by atoms with E-state index >= 15 is 0 Å². The summed E-state index contributed by atoms with van der Waals surface area (Å²) >= 11 is 0. The number of hydrogen-bond acceptors (Lipinski definition) is 3. The second-order valence-electron chi connectivity index (χ2n) is 7.27. The minimum absolute atomic E-state index is 0.194. The molecule has 0 atom stereocenters. The van der Waals surface area contributed by atoms with Gasteiger partial charge in [0.1, 0.15) is 11.6 Å². The van der Waals surface area contributed by atoms with Gasteiger partial charge in [-0.1, -0.05) is 18.7 Å². The van der Waals surface area contributed by atoms with E-state index in [1.54, 1.807) is 0 Å². The molecule has 0 spiro atoms. The number of benzene rings is 1. The third-order valence-corrected chi connectivity index (χ3v) is 4.78. The highest BCUT2D eigenvalue weighted by Crippen LogP contribution is 2.29. The van der Waals surface area contributed by atoms with E-state index in [2.05, 4.69) is 23.4 Å². The fraction of sp³-hybridized carbons (Fsp3) is 0.400. The van der Waals surface area contributed by atoms with Gasteiger partial charge in [-0.05, 0) is 36.6 Å². The van der Waals surface area contributed by atoms with Gasteiger partial charge in [0.25, 0.3) is 0 Å². The summed E-state index contributed by atoms with van der Waals surface area (Å²) in [5.74, 6) is -3.87. The van der Waals surface area contributed by atoms with Crippen LogP contribution in [0.4, 0.5) is 17.6 Å². The average Bonchev–Trinajstić information content (AvgIpc) is 3.02. The van der Waals surface area contributed by atoms with Crippen molar-refractivity contribution in [3.8, 4) is 0 Å². The standard InChI is InChI=1S/C20H22F4N4/c1-12(8-15-10-16(21)9-13(2)18(15)22)7-14(3)27-5-6-28-17(11-27)25-26-19(28)20(4,23)24/h9-10H,1,3,5-8,11H2,2,4H3. The van der Waals surface area contributed by atoms with Crippen LogP contribution in [-0.2, 0) is 25.4 Å². The van der Waals surface area contributed by atoms with Gasteiger partial charge < -0.3 is 9.47 Å². The van der Waals surface area contributed by atoms with Crippen molar-refractivity contribution in [1.82, 2.24) is 19.7 Å². The van der Waals surface area contributed by atoms with Crippen molar-refractivity contribution in [3.63, 3.8) is 0 Å². The van der Waals surface area contributed by atoms with E-state index in [-0.39, 0.29) is 23.4 Å². The molecule has 0 aliphatic carbocycles. The topological polar surface area (TPSA) is 34.0 Å². The van der Waals surface area contributed by atoms with Crippen LogP contribution in [0.1, 0.15) is 36.1 Å². The fourth-order valence-electron chi connectivity index (χ4n) is 3.41. The summed E-state index contributed by atoms with van der Waals surface area (Å²) in [4.78, 5) is 1.92. The molecule has 1 aromatic carbocycles. The molecule has 0 fully saturated rings. The van der Waals surface area contributed by atoms with Gasteiger partial charge in [0.2, 0.25) is 5.82 Å². The Kier molecular flexibility index (Phi) is 5.32. The zero-order valence-electron chi connectivity index (χ0n) is 15.9. The van der Waals surface area contributed by atoms with Crippen molar-refractivity contribution >= 4 is 0 Å². The lowest BCUT2D eigenvalue weighted by molar-refractivity contribution is 0.00241. The molecule has 0 amide bonds. The smallest absolute Gasteiger partial charge is 0.304 e. The number of halogens is 4. The number of hydrogen-bond donors (Lipinski definition) is 0. The van der Waals surface area contributed by atoms with E-state index in [4.69, 9.17) is 0 Å². The first kappa shape index (κ1) is 20.1. The lowest BCUT2D eigenvalue weighted by Crippen LogP contribution is -2.34. The summed E-state index contributed by atoms with van der Waals surface area (Å²) in [6.45, 7) is 11.4. The first-order valence-corrected chi connectivity index (χ1v) is 8.90. The molecule has 1 aliphatic heterocycles. The van der Waals surface area contributed by atoms with E-state index in [1.165, 1.54) is 17.6 Å². The van der Waals surface area contributed by atoms with Gasteiger partial charge in [-0.2, -0.15) is 8.78 Å². The molecule has 3 rings (SSSR count). The van der Waals surface area contributed by atoms with Crippen molar-refractivity contribution in [3.05, 3.63) is 71.0 Å². The van der Waals surface area contributed by atoms with Crippen molar-refractivity contribution in [2.24, 2.45) is 0 Å². The quantitative estimate of drug-likeness (QED) is 0.535. The number of alkyl halides is 2. The van der Waals surface area contributed by atoms with Crippen molar-refractivity contribution in [2.75, 3.05) is 6.54 Å². The first-order chi connectivity index (χ1) is 13.1. The minimum atomic E-state index is -3.05. The predicted octanol–water partition coefficient (Wildman–Crippen LogP) is 4.49. The SMILES string of the molecule is C=C(CC(=C)N1CCn2c(nnc2C(C)(F)F)C1)Cc1cc(F)cc(C)c1F. The molecule has 0 bridgehead atoms. The van der Waals surface area contributed by atoms with Crippen LogP contribution in [0.3, 0.4) is 0 Å². The lowest BCUT2D eigenvalue weighted by atomic mass is 10.00. The van der Waals surface area contributed by atoms with Crippen LogP contribution in [0, 0.1) is 18.6 Å². The molecule has 0 radical (unpaired) electrons. The Labute approximate surface area is 161 Å². The van der Waals surface area contributed by atoms with E-state index < -0.39 is 17.6 Å². The van der Waals surface area contributed by atoms with Gasteiger partial charge in [-0.25, -0.2) is 8.78 Å². The van der Waals surface area contributed by atoms with E-state index in [9.17, 15) is 17.6 Å². The van der Waals surface area contributed by atoms with Crippen LogP contribution in [0.2, 0.25) is 0 Å². The molecule has 1 aromatic heterocycles. The molecule has 1 aliphatic rings. The maximum absolute atomic E-state index is 14.2. The van der Waals surface area contributed by atoms with Crippen molar-refractivity contribution in [2.45, 2.75) is 45.7 Å². The first-order valence-electron chi connectivity index (χ1n) is 8.90. The zero-order chi connectivity index (χ0) is 20.6. The summed E-state index contributed by atoms with van der Waals surface area (Å²) in [5.41, 5.74) is 1.91. The highest BCUT2D eigenvalue weighted by molar-refractivity contribution is 5.30. The third kappa shape index (κ3) is 4.10. The number of allylic oxidation sites excluding steroid dienone is 1. The predicted molar refractivity (Wildman–Crippen MR) is 97.7 cm³/mol. The maximum Gasteiger partial charge on any atom is 0.304 e. The highest BCUT2D eigenvalue weighted by Gasteiger charge is 2.34. The van der Waals surface area contributed by atoms with Crippen molar-refractivity contribution in [1.29, 1.82) is 0 Å². The monoisotopic (exact) mass is 394 g/mol. The van der Waals surface area contributed by atoms with Gasteiger partial charge in [0.05, 0.1) is 6.54 Å². The van der Waals surface area contributed by atoms with Crippen LogP contribution in [0.15, 0.2) is 36.6 Å². The second kappa shape index (κ2) is 7.41. The second-order valence-corrected chi connectivity index (χ2v) is 7.27. The van der Waals surface area contributed by atoms with Gasteiger partial charge in [-0.15, -0.1) is 10.2 Å². The van der Waals surface area contributed by atoms with Gasteiger partial charge in [-0.3, -0.25) is 0 Å². The van der Waals surface area contributed by atoms with Gasteiger partial charge in [0, 0.05) is 32.1 Å². The molecule has 0 unspecified atom stereocenters. The van der Waals surface area contributed by atoms with Crippen LogP contribution in [0.5, 0.6) is 0 Å². The molecular weight excluding hydrogens is 372 g/mol. The normalized spacial score (nSPS) is 14.1. The van der Waals surface area contributed by atoms with Crippen molar-refractivity contribution < 1.29 is 17.6 Å². The maximum atomic E-state index is 14.2. The molecule has 150 valence electrons. The number of aryl methyl sites for hydroxylation is 1. The summed E-state index contributed by atoms with van der Waals surface area (Å²) in [6, 6.07) is 2.32. The summed E-state index contributed by atoms with van der Waals surface area (Å²) in [7, 11) is 0. The molecule has 2 aromatic rings. The Hall–Kier alpha value is -2.64. The Morgan fingerprint density at radius 3 is 2.57 bits per heavy atom. The lowest BCUT2D eigenvalue weighted by Gasteiger charge is -2.32. The van der Waals surface area contributed by atoms with Crippen LogP contribution in [-0.4, -0.2) is 26.2 Å². The third-order valence-electron chi connectivity index (χ3n) is 4.78. The Bertz CT molecular complexity index is 927. The van der Waals surface area contributed by atoms with E-state index in [0.29, 0.717) is 37.5 Å². The average molecular weight is 394 g/mol. The van der Waals surface area contributed by atoms with Crippen LogP contribution in [0.25, 0.3) is 0 Å². The molecule has 0 saturated heterocycles. The number of fused-ring (bicyclic) bond motifs is 1. The number of nitrogens with zero attached hydrogens (tertiary/aromatic N) is 4. The molecular formula is C20H22F4N4. The number of aromatic nitrogens is 3. The van der Waals surface area contributed by atoms with Crippen LogP contribution < -0.4 is 0 Å². The summed E-state index contributed by atoms with van der Waals surface area (Å²) in [5, 5.41) is 7.49. The largest absolute Gasteiger partial charge is 0.366 e. The molecule has 0 N–H and O–H groups in total. The Morgan fingerprint density at radius 2 is 1.89 bits per heavy atom. The van der Waals surface area contributed by atoms with Crippen LogP contribution >= 0.6 is 0 Å². The van der Waals surface area contributed by atoms with Gasteiger partial charge in [0.15, 0.2) is 5.82 Å². The fourth-order valence-corrected chi connectivity index (χ4v) is 3.41. The summed E-state index contributed by atoms with van der Waals surface area (Å²) in [6.07, 6.45) is 0.583. The Balaban J connectivity index is 1.64. The van der Waals surface area contributed by atoms with Gasteiger partial charge >= 0.3 is 5.92 Å². The molecule has 4 nitrogen and oxygen atoms in total. The number of rotatable bonds is 6. The van der Waals surface area contributed by atoms with E-state index in [1.807, 2.05) is 4.90 Å². The zero-order valence-corrected chi connectivity index (χ0v) is 15.9.